The van der Waals surface area contributed by atoms with Gasteiger partial charge in [-0.15, -0.1) is 0 Å². The Morgan fingerprint density at radius 2 is 1.58 bits per heavy atom. The summed E-state index contributed by atoms with van der Waals surface area (Å²) in [4.78, 5) is 2.29. The summed E-state index contributed by atoms with van der Waals surface area (Å²) < 4.78 is 0. The maximum Gasteiger partial charge on any atom is 0.0110 e. The summed E-state index contributed by atoms with van der Waals surface area (Å²) in [5.74, 6) is 0. The molecular weight excluding hydrogens is 146 g/mol. The molecule has 1 saturated heterocycles. The summed E-state index contributed by atoms with van der Waals surface area (Å²) >= 11 is 0. The van der Waals surface area contributed by atoms with Gasteiger partial charge in [0.2, 0.25) is 0 Å². The van der Waals surface area contributed by atoms with E-state index in [4.69, 9.17) is 0 Å². The standard InChI is InChI=1S/C11H20N/c1-12-9-5-8-11(10-12)6-3-2-4-7-11/h1-10H2. The molecule has 1 heterocycles. The molecule has 0 bridgehead atoms. The molecule has 1 nitrogen and oxygen atoms in total. The zero-order chi connectivity index (χ0) is 8.44. The molecule has 0 N–H and O–H groups in total. The van der Waals surface area contributed by atoms with E-state index in [1.807, 2.05) is 0 Å². The fourth-order valence-corrected chi connectivity index (χ4v) is 3.02. The Morgan fingerprint density at radius 3 is 2.25 bits per heavy atom. The van der Waals surface area contributed by atoms with Crippen molar-refractivity contribution in [2.24, 2.45) is 5.41 Å². The summed E-state index contributed by atoms with van der Waals surface area (Å²) in [5.41, 5.74) is 0.693. The van der Waals surface area contributed by atoms with Gasteiger partial charge >= 0.3 is 0 Å². The number of hydrogen-bond acceptors (Lipinski definition) is 1. The highest BCUT2D eigenvalue weighted by molar-refractivity contribution is 4.89. The minimum atomic E-state index is 0.693. The number of likely N-dealkylation sites (tertiary alicyclic amines) is 1. The van der Waals surface area contributed by atoms with Gasteiger partial charge < -0.3 is 4.90 Å². The van der Waals surface area contributed by atoms with Crippen molar-refractivity contribution < 1.29 is 0 Å². The Bertz CT molecular complexity index is 142. The van der Waals surface area contributed by atoms with Gasteiger partial charge in [0.1, 0.15) is 0 Å². The van der Waals surface area contributed by atoms with Crippen molar-refractivity contribution in [3.05, 3.63) is 7.05 Å². The van der Waals surface area contributed by atoms with Crippen LogP contribution in [0.1, 0.15) is 44.9 Å². The van der Waals surface area contributed by atoms with Gasteiger partial charge in [-0.1, -0.05) is 19.3 Å². The Kier molecular flexibility index (Phi) is 2.40. The molecular formula is C11H20N. The minimum Gasteiger partial charge on any atom is -0.302 e. The SMILES string of the molecule is [CH2]N1CCCC2(CCCCC2)C1. The predicted octanol–water partition coefficient (Wildman–Crippen LogP) is 2.82. The first-order chi connectivity index (χ1) is 5.81. The van der Waals surface area contributed by atoms with Crippen molar-refractivity contribution in [3.8, 4) is 0 Å². The highest BCUT2D eigenvalue weighted by Crippen LogP contribution is 2.42. The zero-order valence-electron chi connectivity index (χ0n) is 8.02. The topological polar surface area (TPSA) is 3.24 Å². The van der Waals surface area contributed by atoms with Crippen molar-refractivity contribution in [3.63, 3.8) is 0 Å². The molecule has 0 aromatic rings. The van der Waals surface area contributed by atoms with Crippen molar-refractivity contribution >= 4 is 0 Å². The summed E-state index contributed by atoms with van der Waals surface area (Å²) in [6.07, 6.45) is 10.2. The molecule has 0 aromatic heterocycles. The third-order valence-corrected chi connectivity index (χ3v) is 3.65. The van der Waals surface area contributed by atoms with E-state index in [-0.39, 0.29) is 0 Å². The number of hydrogen-bond donors (Lipinski definition) is 0. The molecule has 2 aliphatic rings. The van der Waals surface area contributed by atoms with Crippen LogP contribution in [0.25, 0.3) is 0 Å². The summed E-state index contributed by atoms with van der Waals surface area (Å²) in [6.45, 7) is 2.49. The van der Waals surface area contributed by atoms with Crippen LogP contribution in [0.5, 0.6) is 0 Å². The van der Waals surface area contributed by atoms with E-state index < -0.39 is 0 Å². The van der Waals surface area contributed by atoms with Gasteiger partial charge in [0.05, 0.1) is 0 Å². The number of piperidine rings is 1. The average Bonchev–Trinajstić information content (AvgIpc) is 2.05. The average molecular weight is 166 g/mol. The molecule has 2 rings (SSSR count). The Labute approximate surface area is 76.1 Å². The van der Waals surface area contributed by atoms with Crippen molar-refractivity contribution in [2.45, 2.75) is 44.9 Å². The first-order valence-electron chi connectivity index (χ1n) is 5.36. The van der Waals surface area contributed by atoms with Gasteiger partial charge in [0, 0.05) is 13.6 Å². The Morgan fingerprint density at radius 1 is 0.917 bits per heavy atom. The number of rotatable bonds is 0. The maximum atomic E-state index is 4.08. The molecule has 0 aromatic carbocycles. The molecule has 1 radical (unpaired) electrons. The first kappa shape index (κ1) is 8.55. The van der Waals surface area contributed by atoms with E-state index in [1.165, 1.54) is 58.0 Å². The lowest BCUT2D eigenvalue weighted by Gasteiger charge is -2.44. The molecule has 0 unspecified atom stereocenters. The van der Waals surface area contributed by atoms with E-state index >= 15 is 0 Å². The smallest absolute Gasteiger partial charge is 0.0110 e. The second kappa shape index (κ2) is 3.37. The van der Waals surface area contributed by atoms with Crippen LogP contribution in [-0.4, -0.2) is 18.0 Å². The summed E-state index contributed by atoms with van der Waals surface area (Å²) in [5, 5.41) is 0. The lowest BCUT2D eigenvalue weighted by molar-refractivity contribution is 0.0784. The van der Waals surface area contributed by atoms with Crippen LogP contribution < -0.4 is 0 Å². The normalized spacial score (nSPS) is 30.8. The fraction of sp³-hybridized carbons (Fsp3) is 0.909. The molecule has 12 heavy (non-hydrogen) atoms. The summed E-state index contributed by atoms with van der Waals surface area (Å²) in [6, 6.07) is 0. The predicted molar refractivity (Wildman–Crippen MR) is 51.7 cm³/mol. The van der Waals surface area contributed by atoms with E-state index in [1.54, 1.807) is 0 Å². The quantitative estimate of drug-likeness (QED) is 0.535. The second-order valence-electron chi connectivity index (χ2n) is 4.72. The van der Waals surface area contributed by atoms with Gasteiger partial charge in [-0.2, -0.15) is 0 Å². The largest absolute Gasteiger partial charge is 0.302 e. The lowest BCUT2D eigenvalue weighted by Crippen LogP contribution is -2.41. The molecule has 1 saturated carbocycles. The van der Waals surface area contributed by atoms with Crippen LogP contribution in [0.15, 0.2) is 0 Å². The second-order valence-corrected chi connectivity index (χ2v) is 4.72. The fourth-order valence-electron chi connectivity index (χ4n) is 3.02. The van der Waals surface area contributed by atoms with Gasteiger partial charge in [-0.05, 0) is 37.6 Å². The molecule has 1 heteroatoms. The third-order valence-electron chi connectivity index (χ3n) is 3.65. The van der Waals surface area contributed by atoms with Crippen LogP contribution in [0.3, 0.4) is 0 Å². The van der Waals surface area contributed by atoms with E-state index in [9.17, 15) is 0 Å². The van der Waals surface area contributed by atoms with E-state index in [0.29, 0.717) is 5.41 Å². The molecule has 2 fully saturated rings. The highest BCUT2D eigenvalue weighted by atomic mass is 15.1. The monoisotopic (exact) mass is 166 g/mol. The lowest BCUT2D eigenvalue weighted by atomic mass is 9.69. The molecule has 1 aliphatic heterocycles. The van der Waals surface area contributed by atoms with Gasteiger partial charge in [0.25, 0.3) is 0 Å². The Balaban J connectivity index is 1.97. The minimum absolute atomic E-state index is 0.693. The number of nitrogens with zero attached hydrogens (tertiary/aromatic N) is 1. The molecule has 0 amide bonds. The third kappa shape index (κ3) is 1.66. The van der Waals surface area contributed by atoms with Crippen LogP contribution >= 0.6 is 0 Å². The van der Waals surface area contributed by atoms with Crippen molar-refractivity contribution in [2.75, 3.05) is 13.1 Å². The van der Waals surface area contributed by atoms with Gasteiger partial charge in [-0.3, -0.25) is 0 Å². The van der Waals surface area contributed by atoms with E-state index in [0.717, 1.165) is 0 Å². The highest BCUT2D eigenvalue weighted by Gasteiger charge is 2.34. The summed E-state index contributed by atoms with van der Waals surface area (Å²) in [7, 11) is 4.08. The molecule has 1 spiro atoms. The van der Waals surface area contributed by atoms with E-state index in [2.05, 4.69) is 11.9 Å². The van der Waals surface area contributed by atoms with Crippen LogP contribution in [0.2, 0.25) is 0 Å². The van der Waals surface area contributed by atoms with Crippen LogP contribution in [-0.2, 0) is 0 Å². The van der Waals surface area contributed by atoms with Gasteiger partial charge in [-0.25, -0.2) is 0 Å². The maximum absolute atomic E-state index is 4.08. The van der Waals surface area contributed by atoms with Crippen molar-refractivity contribution in [1.82, 2.24) is 4.90 Å². The molecule has 0 atom stereocenters. The van der Waals surface area contributed by atoms with Crippen molar-refractivity contribution in [1.29, 1.82) is 0 Å². The molecule has 69 valence electrons. The van der Waals surface area contributed by atoms with Crippen LogP contribution in [0, 0.1) is 12.5 Å². The molecule has 1 aliphatic carbocycles. The van der Waals surface area contributed by atoms with Gasteiger partial charge in [0.15, 0.2) is 0 Å². The zero-order valence-corrected chi connectivity index (χ0v) is 8.02. The van der Waals surface area contributed by atoms with Crippen LogP contribution in [0.4, 0.5) is 0 Å². The Hall–Kier alpha value is -0.0400. The first-order valence-corrected chi connectivity index (χ1v) is 5.36.